The Morgan fingerprint density at radius 3 is 2.53 bits per heavy atom. The second-order valence-corrected chi connectivity index (χ2v) is 6.37. The largest absolute Gasteiger partial charge is 0.475 e. The predicted octanol–water partition coefficient (Wildman–Crippen LogP) is 1.10. The van der Waals surface area contributed by atoms with Gasteiger partial charge in [0, 0.05) is 11.8 Å². The molecular formula is C10H16N2O4S. The summed E-state index contributed by atoms with van der Waals surface area (Å²) >= 11 is 0. The molecule has 96 valence electrons. The van der Waals surface area contributed by atoms with Gasteiger partial charge in [0.2, 0.25) is 5.82 Å². The maximum Gasteiger partial charge on any atom is 0.372 e. The Morgan fingerprint density at radius 2 is 2.12 bits per heavy atom. The number of carboxylic acid groups (broad SMARTS) is 1. The molecule has 1 aromatic rings. The van der Waals surface area contributed by atoms with E-state index in [1.54, 1.807) is 20.8 Å². The number of hydrogen-bond acceptors (Lipinski definition) is 4. The molecule has 0 aliphatic heterocycles. The van der Waals surface area contributed by atoms with Gasteiger partial charge in [0.25, 0.3) is 0 Å². The highest BCUT2D eigenvalue weighted by Gasteiger charge is 2.21. The molecule has 0 unspecified atom stereocenters. The van der Waals surface area contributed by atoms with E-state index in [0.29, 0.717) is 5.69 Å². The molecule has 1 N–H and O–H groups in total. The van der Waals surface area contributed by atoms with E-state index in [9.17, 15) is 13.2 Å². The average molecular weight is 260 g/mol. The molecule has 1 aromatic heterocycles. The second-order valence-electron chi connectivity index (χ2n) is 4.02. The Bertz CT molecular complexity index is 516. The minimum atomic E-state index is -3.19. The molecule has 1 heterocycles. The highest BCUT2D eigenvalue weighted by atomic mass is 32.2. The SMILES string of the molecule is CCS(=O)(=O)Cc1cnc(C(=O)O)n1C(C)C. The maximum absolute atomic E-state index is 11.5. The molecule has 0 radical (unpaired) electrons. The standard InChI is InChI=1S/C10H16N2O4S/c1-4-17(15,16)6-8-5-11-9(10(13)14)12(8)7(2)3/h5,7H,4,6H2,1-3H3,(H,13,14). The fraction of sp³-hybridized carbons (Fsp3) is 0.600. The van der Waals surface area contributed by atoms with Crippen molar-refractivity contribution < 1.29 is 18.3 Å². The summed E-state index contributed by atoms with van der Waals surface area (Å²) in [4.78, 5) is 14.7. The summed E-state index contributed by atoms with van der Waals surface area (Å²) in [6, 6.07) is -0.148. The van der Waals surface area contributed by atoms with Crippen LogP contribution in [0, 0.1) is 0 Å². The summed E-state index contributed by atoms with van der Waals surface area (Å²) in [5, 5.41) is 8.95. The maximum atomic E-state index is 11.5. The third kappa shape index (κ3) is 3.06. The molecule has 0 bridgehead atoms. The minimum Gasteiger partial charge on any atom is -0.475 e. The molecule has 0 fully saturated rings. The first-order valence-corrected chi connectivity index (χ1v) is 7.10. The number of aromatic carboxylic acids is 1. The van der Waals surface area contributed by atoms with E-state index >= 15 is 0 Å². The van der Waals surface area contributed by atoms with E-state index in [0.717, 1.165) is 0 Å². The molecule has 0 atom stereocenters. The van der Waals surface area contributed by atoms with Gasteiger partial charge < -0.3 is 9.67 Å². The molecule has 0 spiro atoms. The topological polar surface area (TPSA) is 89.3 Å². The van der Waals surface area contributed by atoms with E-state index in [4.69, 9.17) is 5.11 Å². The number of imidazole rings is 1. The van der Waals surface area contributed by atoms with E-state index in [1.165, 1.54) is 10.8 Å². The van der Waals surface area contributed by atoms with Gasteiger partial charge in [0.15, 0.2) is 9.84 Å². The molecule has 0 saturated carbocycles. The third-order valence-corrected chi connectivity index (χ3v) is 4.00. The van der Waals surface area contributed by atoms with Gasteiger partial charge in [-0.3, -0.25) is 0 Å². The van der Waals surface area contributed by atoms with Crippen LogP contribution in [0.5, 0.6) is 0 Å². The molecule has 0 aliphatic rings. The highest BCUT2D eigenvalue weighted by molar-refractivity contribution is 7.90. The molecule has 0 aromatic carbocycles. The monoisotopic (exact) mass is 260 g/mol. The Hall–Kier alpha value is -1.37. The normalized spacial score (nSPS) is 12.0. The summed E-state index contributed by atoms with van der Waals surface area (Å²) < 4.78 is 24.5. The van der Waals surface area contributed by atoms with Crippen LogP contribution in [0.1, 0.15) is 43.1 Å². The zero-order valence-electron chi connectivity index (χ0n) is 10.0. The lowest BCUT2D eigenvalue weighted by Crippen LogP contribution is -2.17. The van der Waals surface area contributed by atoms with Gasteiger partial charge in [-0.2, -0.15) is 0 Å². The number of rotatable bonds is 5. The van der Waals surface area contributed by atoms with Gasteiger partial charge in [0.1, 0.15) is 0 Å². The van der Waals surface area contributed by atoms with Crippen molar-refractivity contribution in [1.29, 1.82) is 0 Å². The van der Waals surface area contributed by atoms with E-state index in [1.807, 2.05) is 0 Å². The van der Waals surface area contributed by atoms with Crippen molar-refractivity contribution >= 4 is 15.8 Å². The molecule has 0 amide bonds. The van der Waals surface area contributed by atoms with Crippen molar-refractivity contribution in [3.8, 4) is 0 Å². The Kier molecular flexibility index (Phi) is 3.92. The van der Waals surface area contributed by atoms with Crippen LogP contribution in [0.2, 0.25) is 0 Å². The molecule has 6 nitrogen and oxygen atoms in total. The van der Waals surface area contributed by atoms with E-state index < -0.39 is 15.8 Å². The zero-order chi connectivity index (χ0) is 13.2. The van der Waals surface area contributed by atoms with Gasteiger partial charge >= 0.3 is 5.97 Å². The van der Waals surface area contributed by atoms with Crippen molar-refractivity contribution in [2.75, 3.05) is 5.75 Å². The van der Waals surface area contributed by atoms with Gasteiger partial charge in [-0.05, 0) is 13.8 Å². The van der Waals surface area contributed by atoms with Crippen LogP contribution < -0.4 is 0 Å². The van der Waals surface area contributed by atoms with Crippen molar-refractivity contribution in [2.45, 2.75) is 32.6 Å². The highest BCUT2D eigenvalue weighted by Crippen LogP contribution is 2.16. The number of carboxylic acids is 1. The zero-order valence-corrected chi connectivity index (χ0v) is 10.9. The van der Waals surface area contributed by atoms with Crippen LogP contribution in [-0.2, 0) is 15.6 Å². The van der Waals surface area contributed by atoms with Crippen LogP contribution in [0.3, 0.4) is 0 Å². The van der Waals surface area contributed by atoms with E-state index in [-0.39, 0.29) is 23.4 Å². The second kappa shape index (κ2) is 4.87. The lowest BCUT2D eigenvalue weighted by Gasteiger charge is -2.13. The van der Waals surface area contributed by atoms with Gasteiger partial charge in [0.05, 0.1) is 17.6 Å². The number of sulfone groups is 1. The van der Waals surface area contributed by atoms with Crippen molar-refractivity contribution in [3.05, 3.63) is 17.7 Å². The first kappa shape index (κ1) is 13.7. The Balaban J connectivity index is 3.22. The van der Waals surface area contributed by atoms with Crippen LogP contribution in [0.25, 0.3) is 0 Å². The molecule has 0 aliphatic carbocycles. The molecule has 7 heteroatoms. The van der Waals surface area contributed by atoms with Crippen molar-refractivity contribution in [3.63, 3.8) is 0 Å². The summed E-state index contributed by atoms with van der Waals surface area (Å²) in [5.74, 6) is -1.43. The molecule has 17 heavy (non-hydrogen) atoms. The number of carbonyl (C=O) groups is 1. The third-order valence-electron chi connectivity index (χ3n) is 2.39. The quantitative estimate of drug-likeness (QED) is 0.856. The summed E-state index contributed by atoms with van der Waals surface area (Å²) in [7, 11) is -3.19. The number of aromatic nitrogens is 2. The average Bonchev–Trinajstić information content (AvgIpc) is 2.60. The van der Waals surface area contributed by atoms with Crippen LogP contribution in [-0.4, -0.2) is 34.8 Å². The lowest BCUT2D eigenvalue weighted by molar-refractivity contribution is 0.0676. The molecule has 0 saturated heterocycles. The summed E-state index contributed by atoms with van der Waals surface area (Å²) in [5.41, 5.74) is 0.416. The van der Waals surface area contributed by atoms with Gasteiger partial charge in [-0.25, -0.2) is 18.2 Å². The van der Waals surface area contributed by atoms with Gasteiger partial charge in [-0.1, -0.05) is 6.92 Å². The van der Waals surface area contributed by atoms with Crippen LogP contribution >= 0.6 is 0 Å². The summed E-state index contributed by atoms with van der Waals surface area (Å²) in [6.45, 7) is 5.13. The minimum absolute atomic E-state index is 0.0265. The smallest absolute Gasteiger partial charge is 0.372 e. The Labute approximate surface area is 100 Å². The first-order chi connectivity index (χ1) is 7.78. The number of nitrogens with zero attached hydrogens (tertiary/aromatic N) is 2. The van der Waals surface area contributed by atoms with Crippen LogP contribution in [0.15, 0.2) is 6.20 Å². The fourth-order valence-corrected chi connectivity index (χ4v) is 2.43. The fourth-order valence-electron chi connectivity index (χ4n) is 1.56. The molecular weight excluding hydrogens is 244 g/mol. The van der Waals surface area contributed by atoms with Crippen LogP contribution in [0.4, 0.5) is 0 Å². The predicted molar refractivity (Wildman–Crippen MR) is 62.7 cm³/mol. The molecule has 1 rings (SSSR count). The Morgan fingerprint density at radius 1 is 1.53 bits per heavy atom. The lowest BCUT2D eigenvalue weighted by atomic mass is 10.3. The first-order valence-electron chi connectivity index (χ1n) is 5.28. The van der Waals surface area contributed by atoms with Crippen molar-refractivity contribution in [1.82, 2.24) is 9.55 Å². The number of hydrogen-bond donors (Lipinski definition) is 1. The van der Waals surface area contributed by atoms with Gasteiger partial charge in [-0.15, -0.1) is 0 Å². The van der Waals surface area contributed by atoms with E-state index in [2.05, 4.69) is 4.98 Å². The summed E-state index contributed by atoms with van der Waals surface area (Å²) in [6.07, 6.45) is 1.32. The van der Waals surface area contributed by atoms with Crippen molar-refractivity contribution in [2.24, 2.45) is 0 Å².